The van der Waals surface area contributed by atoms with Crippen LogP contribution in [0.5, 0.6) is 11.5 Å². The molecule has 4 heterocycles. The van der Waals surface area contributed by atoms with Crippen molar-refractivity contribution >= 4 is 29.9 Å². The van der Waals surface area contributed by atoms with Gasteiger partial charge in [0.15, 0.2) is 11.6 Å². The third-order valence-electron chi connectivity index (χ3n) is 7.14. The van der Waals surface area contributed by atoms with E-state index in [1.165, 1.54) is 24.9 Å². The van der Waals surface area contributed by atoms with Crippen molar-refractivity contribution in [3.8, 4) is 11.5 Å². The number of hydrogen-bond acceptors (Lipinski definition) is 10. The summed E-state index contributed by atoms with van der Waals surface area (Å²) in [7, 11) is 1.32. The second-order valence-corrected chi connectivity index (χ2v) is 12.3. The van der Waals surface area contributed by atoms with E-state index in [4.69, 9.17) is 14.2 Å². The number of carbonyl (C=O) groups excluding carboxylic acids is 3. The first-order chi connectivity index (χ1) is 21.6. The predicted molar refractivity (Wildman–Crippen MR) is 162 cm³/mol. The van der Waals surface area contributed by atoms with Gasteiger partial charge in [-0.3, -0.25) is 24.0 Å². The molecule has 2 aliphatic heterocycles. The van der Waals surface area contributed by atoms with Gasteiger partial charge in [-0.15, -0.1) is 0 Å². The molecule has 14 heteroatoms. The van der Waals surface area contributed by atoms with Crippen LogP contribution in [0.3, 0.4) is 0 Å². The van der Waals surface area contributed by atoms with Gasteiger partial charge in [-0.05, 0) is 63.8 Å². The molecule has 0 saturated carbocycles. The minimum Gasteiger partial charge on any atom is -0.492 e. The Morgan fingerprint density at radius 1 is 1.11 bits per heavy atom. The largest absolute Gasteiger partial charge is 0.492 e. The number of nitrogens with zero attached hydrogens (tertiary/aromatic N) is 4. The second-order valence-electron chi connectivity index (χ2n) is 11.4. The molecule has 0 bridgehead atoms. The molecule has 0 aliphatic carbocycles. The number of para-hydroxylation sites is 1. The Morgan fingerprint density at radius 3 is 2.71 bits per heavy atom. The van der Waals surface area contributed by atoms with Gasteiger partial charge in [0.2, 0.25) is 0 Å². The number of hydrogen-bond donors (Lipinski definition) is 2. The molecule has 3 aromatic rings. The molecule has 0 unspecified atom stereocenters. The molecule has 238 valence electrons. The number of halogens is 1. The highest BCUT2D eigenvalue weighted by atomic mass is 32.2. The average molecular weight is 639 g/mol. The lowest BCUT2D eigenvalue weighted by atomic mass is 10.0. The monoisotopic (exact) mass is 638 g/mol. The maximum Gasteiger partial charge on any atom is 0.417 e. The summed E-state index contributed by atoms with van der Waals surface area (Å²) in [5.74, 6) is -1.69. The normalized spacial score (nSPS) is 14.7. The minimum atomic E-state index is -0.854. The van der Waals surface area contributed by atoms with E-state index in [1.807, 2.05) is 10.9 Å². The van der Waals surface area contributed by atoms with Crippen molar-refractivity contribution in [3.05, 3.63) is 76.8 Å². The lowest BCUT2D eigenvalue weighted by Gasteiger charge is -2.31. The summed E-state index contributed by atoms with van der Waals surface area (Å²) in [6.07, 6.45) is 6.39. The number of amides is 3. The summed E-state index contributed by atoms with van der Waals surface area (Å²) < 4.78 is 35.5. The zero-order valence-electron chi connectivity index (χ0n) is 25.5. The lowest BCUT2D eigenvalue weighted by Crippen LogP contribution is -2.48. The number of pyridine rings is 1. The molecule has 45 heavy (non-hydrogen) atoms. The third kappa shape index (κ3) is 7.39. The maximum absolute atomic E-state index is 14.2. The smallest absolute Gasteiger partial charge is 0.417 e. The van der Waals surface area contributed by atoms with Gasteiger partial charge >= 0.3 is 6.09 Å². The van der Waals surface area contributed by atoms with Gasteiger partial charge in [-0.1, -0.05) is 6.07 Å². The van der Waals surface area contributed by atoms with Crippen LogP contribution in [0.15, 0.2) is 59.0 Å². The highest BCUT2D eigenvalue weighted by molar-refractivity contribution is 7.98. The van der Waals surface area contributed by atoms with Gasteiger partial charge in [-0.2, -0.15) is 5.10 Å². The van der Waals surface area contributed by atoms with Crippen molar-refractivity contribution in [2.75, 3.05) is 13.7 Å². The van der Waals surface area contributed by atoms with E-state index >= 15 is 0 Å². The molecule has 3 amide bonds. The van der Waals surface area contributed by atoms with Crippen LogP contribution in [-0.4, -0.2) is 56.8 Å². The van der Waals surface area contributed by atoms with Crippen LogP contribution >= 0.6 is 11.9 Å². The number of rotatable bonds is 10. The molecule has 2 N–H and O–H groups in total. The second kappa shape index (κ2) is 13.6. The molecule has 0 atom stereocenters. The molecule has 2 aromatic heterocycles. The fourth-order valence-electron chi connectivity index (χ4n) is 5.03. The van der Waals surface area contributed by atoms with E-state index in [-0.39, 0.29) is 30.8 Å². The van der Waals surface area contributed by atoms with Gasteiger partial charge in [0.05, 0.1) is 24.4 Å². The van der Waals surface area contributed by atoms with Gasteiger partial charge < -0.3 is 19.5 Å². The van der Waals surface area contributed by atoms with Crippen LogP contribution in [0.4, 0.5) is 9.18 Å². The summed E-state index contributed by atoms with van der Waals surface area (Å²) in [6, 6.07) is 6.07. The molecule has 2 aliphatic rings. The lowest BCUT2D eigenvalue weighted by molar-refractivity contribution is -0.130. The zero-order valence-corrected chi connectivity index (χ0v) is 26.3. The number of carbonyl (C=O) groups is 3. The summed E-state index contributed by atoms with van der Waals surface area (Å²) in [5, 5.41) is 7.63. The molecule has 0 radical (unpaired) electrons. The Bertz CT molecular complexity index is 1630. The molecule has 1 aromatic carbocycles. The Kier molecular flexibility index (Phi) is 9.61. The van der Waals surface area contributed by atoms with Crippen LogP contribution in [0.2, 0.25) is 0 Å². The predicted octanol–water partition coefficient (Wildman–Crippen LogP) is 4.29. The third-order valence-corrected chi connectivity index (χ3v) is 7.97. The van der Waals surface area contributed by atoms with Gasteiger partial charge in [0.1, 0.15) is 23.5 Å². The van der Waals surface area contributed by atoms with Crippen LogP contribution in [0, 0.1) is 5.82 Å². The minimum absolute atomic E-state index is 0.00416. The fourth-order valence-corrected chi connectivity index (χ4v) is 5.75. The van der Waals surface area contributed by atoms with Crippen LogP contribution in [0.1, 0.15) is 50.4 Å². The van der Waals surface area contributed by atoms with E-state index in [0.717, 1.165) is 47.4 Å². The number of benzene rings is 1. The van der Waals surface area contributed by atoms with E-state index in [9.17, 15) is 18.8 Å². The first kappa shape index (κ1) is 31.8. The van der Waals surface area contributed by atoms with Crippen molar-refractivity contribution in [1.82, 2.24) is 29.7 Å². The summed E-state index contributed by atoms with van der Waals surface area (Å²) >= 11 is 0.793. The average Bonchev–Trinajstić information content (AvgIpc) is 3.62. The van der Waals surface area contributed by atoms with Crippen molar-refractivity contribution in [1.29, 1.82) is 0 Å². The van der Waals surface area contributed by atoms with E-state index < -0.39 is 29.3 Å². The molecule has 5 rings (SSSR count). The molecule has 12 nitrogen and oxygen atoms in total. The number of methoxy groups -OCH3 is 1. The first-order valence-corrected chi connectivity index (χ1v) is 15.3. The van der Waals surface area contributed by atoms with Crippen molar-refractivity contribution in [2.24, 2.45) is 0 Å². The van der Waals surface area contributed by atoms with E-state index in [1.54, 1.807) is 45.3 Å². The number of aromatic nitrogens is 3. The first-order valence-electron chi connectivity index (χ1n) is 14.5. The number of nitrogens with one attached hydrogen (secondary N) is 2. The highest BCUT2D eigenvalue weighted by Gasteiger charge is 2.37. The number of fused-ring (bicyclic) bond motifs is 1. The molecule has 0 spiro atoms. The van der Waals surface area contributed by atoms with Crippen molar-refractivity contribution in [3.63, 3.8) is 0 Å². The SMILES string of the molecule is COc1c(F)cccc1SNC(=O)C1=C(NCc2ccncc2OCc2cnn3c2CCC3)CCN(C(=O)OC(C)(C)C)C1=O. The Labute approximate surface area is 264 Å². The fraction of sp³-hybridized carbons (Fsp3) is 0.387. The van der Waals surface area contributed by atoms with Crippen molar-refractivity contribution in [2.45, 2.75) is 70.2 Å². The summed E-state index contributed by atoms with van der Waals surface area (Å²) in [4.78, 5) is 45.4. The quantitative estimate of drug-likeness (QED) is 0.245. The Balaban J connectivity index is 1.35. The molecular formula is C31H35FN6O6S. The maximum atomic E-state index is 14.2. The number of aryl methyl sites for hydroxylation is 1. The van der Waals surface area contributed by atoms with E-state index in [2.05, 4.69) is 20.1 Å². The standard InChI is InChI=1S/C31H35FN6O6S/c1-31(2,3)44-30(41)37-14-11-22(26(29(37)40)28(39)36-45-25-9-5-7-21(32)27(25)42-4)34-15-19-10-12-33-17-24(19)43-18-20-16-35-38-13-6-8-23(20)38/h5,7,9-10,12,16-17,34H,6,8,11,13-15,18H2,1-4H3,(H,36,39). The number of ether oxygens (including phenoxy) is 3. The number of imide groups is 1. The van der Waals surface area contributed by atoms with Gasteiger partial charge in [0, 0.05) is 54.8 Å². The van der Waals surface area contributed by atoms with Crippen molar-refractivity contribution < 1.29 is 33.0 Å². The molecule has 0 fully saturated rings. The van der Waals surface area contributed by atoms with Crippen LogP contribution < -0.4 is 19.5 Å². The molecular weight excluding hydrogens is 603 g/mol. The highest BCUT2D eigenvalue weighted by Crippen LogP contribution is 2.31. The van der Waals surface area contributed by atoms with Crippen LogP contribution in [-0.2, 0) is 40.4 Å². The van der Waals surface area contributed by atoms with E-state index in [0.29, 0.717) is 22.9 Å². The molecule has 0 saturated heterocycles. The summed E-state index contributed by atoms with van der Waals surface area (Å²) in [5.41, 5.74) is 2.17. The zero-order chi connectivity index (χ0) is 32.1. The van der Waals surface area contributed by atoms with Gasteiger partial charge in [0.25, 0.3) is 11.8 Å². The Hall–Kier alpha value is -4.59. The van der Waals surface area contributed by atoms with Crippen LogP contribution in [0.25, 0.3) is 0 Å². The van der Waals surface area contributed by atoms with Gasteiger partial charge in [-0.25, -0.2) is 14.1 Å². The topological polar surface area (TPSA) is 137 Å². The Morgan fingerprint density at radius 2 is 1.93 bits per heavy atom. The summed E-state index contributed by atoms with van der Waals surface area (Å²) in [6.45, 7) is 6.51.